The molecule has 8 nitrogen and oxygen atoms in total. The molecule has 30 heavy (non-hydrogen) atoms. The highest BCUT2D eigenvalue weighted by Crippen LogP contribution is 2.04. The third kappa shape index (κ3) is 16.7. The van der Waals surface area contributed by atoms with Gasteiger partial charge in [0.05, 0.1) is 0 Å². The van der Waals surface area contributed by atoms with Crippen molar-refractivity contribution in [3.05, 3.63) is 35.4 Å². The fourth-order valence-corrected chi connectivity index (χ4v) is 3.05. The molecule has 0 atom stereocenters. The van der Waals surface area contributed by atoms with E-state index in [1.54, 1.807) is 0 Å². The van der Waals surface area contributed by atoms with Gasteiger partial charge in [0.25, 0.3) is 0 Å². The predicted octanol–water partition coefficient (Wildman–Crippen LogP) is -1.08. The Labute approximate surface area is 183 Å². The van der Waals surface area contributed by atoms with E-state index in [1.165, 1.54) is 11.1 Å². The van der Waals surface area contributed by atoms with Gasteiger partial charge in [-0.3, -0.25) is 0 Å². The van der Waals surface area contributed by atoms with Crippen molar-refractivity contribution in [1.29, 1.82) is 0 Å². The lowest BCUT2D eigenvalue weighted by atomic mass is 10.1. The zero-order chi connectivity index (χ0) is 21.5. The van der Waals surface area contributed by atoms with E-state index in [-0.39, 0.29) is 0 Å². The van der Waals surface area contributed by atoms with E-state index in [1.807, 2.05) is 0 Å². The molecule has 0 bridgehead atoms. The fourth-order valence-electron chi connectivity index (χ4n) is 3.05. The first-order valence-electron chi connectivity index (χ1n) is 11.6. The van der Waals surface area contributed by atoms with E-state index >= 15 is 0 Å². The van der Waals surface area contributed by atoms with E-state index in [4.69, 9.17) is 11.5 Å². The molecule has 0 amide bonds. The fraction of sp³-hybridized carbons (Fsp3) is 0.727. The first-order chi connectivity index (χ1) is 14.9. The molecule has 0 radical (unpaired) electrons. The summed E-state index contributed by atoms with van der Waals surface area (Å²) in [6.07, 6.45) is 2.27. The van der Waals surface area contributed by atoms with Crippen LogP contribution in [0.5, 0.6) is 0 Å². The monoisotopic (exact) mass is 422 g/mol. The normalized spacial score (nSPS) is 11.3. The van der Waals surface area contributed by atoms with Crippen LogP contribution in [0.4, 0.5) is 0 Å². The Balaban J connectivity index is 1.97. The average molecular weight is 423 g/mol. The van der Waals surface area contributed by atoms with E-state index in [0.29, 0.717) is 13.1 Å². The predicted molar refractivity (Wildman–Crippen MR) is 129 cm³/mol. The molecule has 1 aromatic rings. The average Bonchev–Trinajstić information content (AvgIpc) is 2.76. The molecule has 0 saturated heterocycles. The molecule has 0 saturated carbocycles. The Morgan fingerprint density at radius 3 is 1.33 bits per heavy atom. The minimum atomic E-state index is 0.709. The van der Waals surface area contributed by atoms with Crippen LogP contribution < -0.4 is 43.4 Å². The molecule has 10 N–H and O–H groups in total. The standard InChI is InChI=1S/C22H46N8/c23-6-12-25-8-2-10-27-14-16-29-19-21-4-1-5-22(18-21)20-30-17-15-28-11-3-9-26-13-7-24/h1,4-5,18,25-30H,2-3,6-17,19-20,23-24H2. The molecule has 174 valence electrons. The Morgan fingerprint density at radius 2 is 0.900 bits per heavy atom. The topological polar surface area (TPSA) is 124 Å². The number of hydrogen-bond acceptors (Lipinski definition) is 8. The van der Waals surface area contributed by atoms with Crippen LogP contribution in [0, 0.1) is 0 Å². The molecule has 1 rings (SSSR count). The molecule has 0 aliphatic rings. The van der Waals surface area contributed by atoms with E-state index in [9.17, 15) is 0 Å². The maximum absolute atomic E-state index is 5.45. The van der Waals surface area contributed by atoms with Gasteiger partial charge in [0.2, 0.25) is 0 Å². The van der Waals surface area contributed by atoms with Gasteiger partial charge in [-0.2, -0.15) is 0 Å². The van der Waals surface area contributed by atoms with Crippen molar-refractivity contribution < 1.29 is 0 Å². The smallest absolute Gasteiger partial charge is 0.0206 e. The molecule has 0 heterocycles. The van der Waals surface area contributed by atoms with Gasteiger partial charge in [0.1, 0.15) is 0 Å². The summed E-state index contributed by atoms with van der Waals surface area (Å²) in [5, 5.41) is 20.6. The second-order valence-corrected chi connectivity index (χ2v) is 7.46. The van der Waals surface area contributed by atoms with Gasteiger partial charge < -0.3 is 43.4 Å². The van der Waals surface area contributed by atoms with Crippen LogP contribution in [-0.4, -0.2) is 78.5 Å². The summed E-state index contributed by atoms with van der Waals surface area (Å²) in [6, 6.07) is 8.81. The molecular weight excluding hydrogens is 376 g/mol. The van der Waals surface area contributed by atoms with Crippen LogP contribution in [0.15, 0.2) is 24.3 Å². The number of benzene rings is 1. The summed E-state index contributed by atoms with van der Waals surface area (Å²) in [6.45, 7) is 13.1. The minimum Gasteiger partial charge on any atom is -0.329 e. The number of nitrogens with two attached hydrogens (primary N) is 2. The van der Waals surface area contributed by atoms with Gasteiger partial charge in [-0.1, -0.05) is 24.3 Å². The molecule has 8 heteroatoms. The summed E-state index contributed by atoms with van der Waals surface area (Å²) >= 11 is 0. The third-order valence-corrected chi connectivity index (χ3v) is 4.66. The molecule has 1 aromatic carbocycles. The summed E-state index contributed by atoms with van der Waals surface area (Å²) in [5.74, 6) is 0. The quantitative estimate of drug-likeness (QED) is 0.111. The largest absolute Gasteiger partial charge is 0.329 e. The summed E-state index contributed by atoms with van der Waals surface area (Å²) < 4.78 is 0. The number of hydrogen-bond donors (Lipinski definition) is 8. The Hall–Kier alpha value is -1.10. The van der Waals surface area contributed by atoms with Gasteiger partial charge in [0.15, 0.2) is 0 Å². The molecule has 0 aliphatic heterocycles. The molecule has 0 aromatic heterocycles. The second kappa shape index (κ2) is 21.1. The molecule has 0 unspecified atom stereocenters. The van der Waals surface area contributed by atoms with Crippen molar-refractivity contribution in [3.63, 3.8) is 0 Å². The first-order valence-corrected chi connectivity index (χ1v) is 11.6. The number of nitrogens with one attached hydrogen (secondary N) is 6. The maximum atomic E-state index is 5.45. The van der Waals surface area contributed by atoms with Crippen molar-refractivity contribution in [2.45, 2.75) is 25.9 Å². The highest BCUT2D eigenvalue weighted by molar-refractivity contribution is 5.23. The maximum Gasteiger partial charge on any atom is 0.0206 e. The summed E-state index contributed by atoms with van der Waals surface area (Å²) in [4.78, 5) is 0. The van der Waals surface area contributed by atoms with Crippen LogP contribution in [0.3, 0.4) is 0 Å². The van der Waals surface area contributed by atoms with Gasteiger partial charge in [-0.25, -0.2) is 0 Å². The summed E-state index contributed by atoms with van der Waals surface area (Å²) in [7, 11) is 0. The Bertz CT molecular complexity index is 447. The number of rotatable bonds is 22. The third-order valence-electron chi connectivity index (χ3n) is 4.66. The minimum absolute atomic E-state index is 0.709. The lowest BCUT2D eigenvalue weighted by Crippen LogP contribution is -2.30. The first kappa shape index (κ1) is 26.9. The van der Waals surface area contributed by atoms with E-state index in [0.717, 1.165) is 91.4 Å². The zero-order valence-electron chi connectivity index (χ0n) is 18.8. The van der Waals surface area contributed by atoms with Crippen molar-refractivity contribution in [3.8, 4) is 0 Å². The van der Waals surface area contributed by atoms with Crippen LogP contribution in [-0.2, 0) is 13.1 Å². The second-order valence-electron chi connectivity index (χ2n) is 7.46. The van der Waals surface area contributed by atoms with Crippen LogP contribution in [0.1, 0.15) is 24.0 Å². The molecule has 0 spiro atoms. The van der Waals surface area contributed by atoms with E-state index in [2.05, 4.69) is 56.2 Å². The van der Waals surface area contributed by atoms with Crippen molar-refractivity contribution >= 4 is 0 Å². The van der Waals surface area contributed by atoms with Gasteiger partial charge in [0, 0.05) is 65.4 Å². The van der Waals surface area contributed by atoms with Gasteiger partial charge in [-0.15, -0.1) is 0 Å². The van der Waals surface area contributed by atoms with Gasteiger partial charge in [-0.05, 0) is 50.1 Å². The highest BCUT2D eigenvalue weighted by Gasteiger charge is 1.97. The lowest BCUT2D eigenvalue weighted by molar-refractivity contribution is 0.572. The lowest BCUT2D eigenvalue weighted by Gasteiger charge is -2.10. The molecular formula is C22H46N8. The zero-order valence-corrected chi connectivity index (χ0v) is 18.8. The van der Waals surface area contributed by atoms with E-state index < -0.39 is 0 Å². The Morgan fingerprint density at radius 1 is 0.500 bits per heavy atom. The summed E-state index contributed by atoms with van der Waals surface area (Å²) in [5.41, 5.74) is 13.6. The SMILES string of the molecule is NCCNCCCNCCNCc1cccc(CNCCNCCCNCCN)c1. The molecule has 0 aliphatic carbocycles. The van der Waals surface area contributed by atoms with Crippen molar-refractivity contribution in [2.75, 3.05) is 78.5 Å². The highest BCUT2D eigenvalue weighted by atomic mass is 15.0. The Kier molecular flexibility index (Phi) is 19.0. The van der Waals surface area contributed by atoms with Crippen LogP contribution >= 0.6 is 0 Å². The van der Waals surface area contributed by atoms with Gasteiger partial charge >= 0.3 is 0 Å². The van der Waals surface area contributed by atoms with Crippen LogP contribution in [0.2, 0.25) is 0 Å². The molecule has 0 fully saturated rings. The van der Waals surface area contributed by atoms with Crippen molar-refractivity contribution in [1.82, 2.24) is 31.9 Å². The van der Waals surface area contributed by atoms with Crippen molar-refractivity contribution in [2.24, 2.45) is 11.5 Å². The van der Waals surface area contributed by atoms with Crippen LogP contribution in [0.25, 0.3) is 0 Å².